The minimum absolute atomic E-state index is 0.295. The van der Waals surface area contributed by atoms with Crippen LogP contribution < -0.4 is 11.2 Å². The number of nitrogens with one attached hydrogen (secondary N) is 1. The molecule has 3 heterocycles. The predicted octanol–water partition coefficient (Wildman–Crippen LogP) is 1.74. The number of hydrogen-bond donors (Lipinski definition) is 1. The third-order valence-corrected chi connectivity index (χ3v) is 5.44. The van der Waals surface area contributed by atoms with Gasteiger partial charge in [-0.2, -0.15) is 0 Å². The van der Waals surface area contributed by atoms with E-state index in [1.54, 1.807) is 16.7 Å². The molecule has 0 spiro atoms. The Kier molecular flexibility index (Phi) is 5.83. The number of nitrogens with zero attached hydrogens (tertiary/aromatic N) is 4. The number of fused-ring (bicyclic) bond motifs is 1. The smallest absolute Gasteiger partial charge is 0.330 e. The van der Waals surface area contributed by atoms with Crippen molar-refractivity contribution in [3.05, 3.63) is 50.4 Å². The predicted molar refractivity (Wildman–Crippen MR) is 112 cm³/mol. The molecule has 3 aromatic rings. The molecule has 0 saturated carbocycles. The Morgan fingerprint density at radius 1 is 1.13 bits per heavy atom. The molecule has 4 rings (SSSR count). The van der Waals surface area contributed by atoms with E-state index in [1.165, 1.54) is 10.6 Å². The normalized spacial score (nSPS) is 15.2. The van der Waals surface area contributed by atoms with Gasteiger partial charge in [0, 0.05) is 32.7 Å². The zero-order chi connectivity index (χ0) is 21.3. The molecule has 0 atom stereocenters. The monoisotopic (exact) mass is 415 g/mol. The molecule has 0 unspecified atom stereocenters. The van der Waals surface area contributed by atoms with E-state index in [0.717, 1.165) is 18.7 Å². The summed E-state index contributed by atoms with van der Waals surface area (Å²) in [5, 5.41) is 0. The molecule has 0 amide bonds. The first-order valence-corrected chi connectivity index (χ1v) is 10.3. The van der Waals surface area contributed by atoms with Gasteiger partial charge in [0.2, 0.25) is 0 Å². The Labute approximate surface area is 172 Å². The second-order valence-corrected chi connectivity index (χ2v) is 7.61. The molecule has 9 heteroatoms. The lowest BCUT2D eigenvalue weighted by molar-refractivity contribution is 0.0365. The number of hydrogen-bond acceptors (Lipinski definition) is 5. The zero-order valence-corrected chi connectivity index (χ0v) is 17.3. The molecular weight excluding hydrogens is 389 g/mol. The first-order valence-electron chi connectivity index (χ1n) is 10.3. The average Bonchev–Trinajstić information content (AvgIpc) is 3.11. The number of halogens is 1. The molecule has 1 fully saturated rings. The van der Waals surface area contributed by atoms with Crippen molar-refractivity contribution in [2.75, 3.05) is 32.8 Å². The van der Waals surface area contributed by atoms with Crippen LogP contribution in [0.4, 0.5) is 4.39 Å². The summed E-state index contributed by atoms with van der Waals surface area (Å²) in [7, 11) is 0. The summed E-state index contributed by atoms with van der Waals surface area (Å²) in [5.74, 6) is -0.0511. The number of aromatic nitrogens is 4. The molecule has 1 saturated heterocycles. The Balaban J connectivity index is 1.90. The number of H-pyrrole nitrogens is 1. The van der Waals surface area contributed by atoms with Gasteiger partial charge in [-0.25, -0.2) is 14.2 Å². The highest BCUT2D eigenvalue weighted by atomic mass is 19.1. The van der Waals surface area contributed by atoms with Crippen molar-refractivity contribution in [1.29, 1.82) is 0 Å². The largest absolute Gasteiger partial charge is 0.379 e. The van der Waals surface area contributed by atoms with Gasteiger partial charge in [0.15, 0.2) is 11.2 Å². The number of aryl methyl sites for hydroxylation is 2. The van der Waals surface area contributed by atoms with E-state index in [1.807, 2.05) is 13.8 Å². The van der Waals surface area contributed by atoms with E-state index >= 15 is 0 Å². The summed E-state index contributed by atoms with van der Waals surface area (Å²) < 4.78 is 23.4. The van der Waals surface area contributed by atoms with E-state index in [9.17, 15) is 14.0 Å². The summed E-state index contributed by atoms with van der Waals surface area (Å²) >= 11 is 0. The van der Waals surface area contributed by atoms with E-state index in [-0.39, 0.29) is 0 Å². The van der Waals surface area contributed by atoms with Gasteiger partial charge in [-0.05, 0) is 25.5 Å². The van der Waals surface area contributed by atoms with Gasteiger partial charge in [-0.15, -0.1) is 0 Å². The molecule has 0 radical (unpaired) electrons. The lowest BCUT2D eigenvalue weighted by atomic mass is 10.1. The minimum Gasteiger partial charge on any atom is -0.379 e. The van der Waals surface area contributed by atoms with Crippen molar-refractivity contribution in [2.24, 2.45) is 0 Å². The van der Waals surface area contributed by atoms with Crippen LogP contribution in [0.3, 0.4) is 0 Å². The zero-order valence-electron chi connectivity index (χ0n) is 17.3. The van der Waals surface area contributed by atoms with E-state index in [0.29, 0.717) is 61.8 Å². The van der Waals surface area contributed by atoms with Crippen LogP contribution in [-0.2, 0) is 17.8 Å². The molecule has 1 aromatic carbocycles. The second-order valence-electron chi connectivity index (χ2n) is 7.61. The molecule has 8 nitrogen and oxygen atoms in total. The highest BCUT2D eigenvalue weighted by molar-refractivity contribution is 5.77. The summed E-state index contributed by atoms with van der Waals surface area (Å²) in [6.07, 6.45) is 0.704. The van der Waals surface area contributed by atoms with Crippen LogP contribution in [0.1, 0.15) is 18.9 Å². The van der Waals surface area contributed by atoms with E-state index in [2.05, 4.69) is 14.9 Å². The van der Waals surface area contributed by atoms with Crippen molar-refractivity contribution in [1.82, 2.24) is 24.0 Å². The fourth-order valence-corrected chi connectivity index (χ4v) is 3.90. The van der Waals surface area contributed by atoms with Crippen LogP contribution in [0.5, 0.6) is 0 Å². The van der Waals surface area contributed by atoms with E-state index < -0.39 is 17.1 Å². The molecule has 0 bridgehead atoms. The molecule has 1 aliphatic rings. The number of benzene rings is 1. The Bertz CT molecular complexity index is 1170. The lowest BCUT2D eigenvalue weighted by Gasteiger charge is -2.26. The molecule has 2 aromatic heterocycles. The summed E-state index contributed by atoms with van der Waals surface area (Å²) in [4.78, 5) is 34.4. The van der Waals surface area contributed by atoms with Gasteiger partial charge in [-0.1, -0.05) is 18.6 Å². The highest BCUT2D eigenvalue weighted by Gasteiger charge is 2.22. The van der Waals surface area contributed by atoms with Gasteiger partial charge in [-0.3, -0.25) is 19.2 Å². The van der Waals surface area contributed by atoms with Crippen LogP contribution in [0, 0.1) is 12.7 Å². The Hall–Kier alpha value is -2.78. The summed E-state index contributed by atoms with van der Waals surface area (Å²) in [5.41, 5.74) is 0.802. The highest BCUT2D eigenvalue weighted by Crippen LogP contribution is 2.26. The van der Waals surface area contributed by atoms with Crippen molar-refractivity contribution in [3.63, 3.8) is 0 Å². The average molecular weight is 415 g/mol. The first kappa shape index (κ1) is 20.5. The molecule has 160 valence electrons. The van der Waals surface area contributed by atoms with Gasteiger partial charge in [0.1, 0.15) is 11.6 Å². The number of rotatable bonds is 6. The van der Waals surface area contributed by atoms with Crippen LogP contribution in [0.2, 0.25) is 0 Å². The van der Waals surface area contributed by atoms with Crippen molar-refractivity contribution in [2.45, 2.75) is 33.4 Å². The van der Waals surface area contributed by atoms with Gasteiger partial charge >= 0.3 is 5.69 Å². The van der Waals surface area contributed by atoms with Crippen molar-refractivity contribution in [3.8, 4) is 11.4 Å². The van der Waals surface area contributed by atoms with Gasteiger partial charge < -0.3 is 9.30 Å². The third kappa shape index (κ3) is 3.82. The standard InChI is InChI=1S/C21H26FN5O3/c1-3-6-27-19-17(20(28)24-21(27)29)26(8-7-25-9-11-30-12-10-25)18(23-19)15-13-14(2)4-5-16(15)22/h4-5,13H,3,6-12H2,1-2H3,(H,24,28,29). The fraction of sp³-hybridized carbons (Fsp3) is 0.476. The maximum absolute atomic E-state index is 14.8. The maximum Gasteiger partial charge on any atom is 0.330 e. The second kappa shape index (κ2) is 8.53. The first-order chi connectivity index (χ1) is 14.5. The van der Waals surface area contributed by atoms with Crippen LogP contribution >= 0.6 is 0 Å². The number of morpholine rings is 1. The molecular formula is C21H26FN5O3. The summed E-state index contributed by atoms with van der Waals surface area (Å²) in [6.45, 7) is 8.30. The van der Waals surface area contributed by atoms with Crippen LogP contribution in [-0.4, -0.2) is 56.9 Å². The molecule has 0 aliphatic carbocycles. The molecule has 1 N–H and O–H groups in total. The number of ether oxygens (including phenoxy) is 1. The van der Waals surface area contributed by atoms with Gasteiger partial charge in [0.25, 0.3) is 5.56 Å². The summed E-state index contributed by atoms with van der Waals surface area (Å²) in [6, 6.07) is 4.82. The fourth-order valence-electron chi connectivity index (χ4n) is 3.90. The third-order valence-electron chi connectivity index (χ3n) is 5.44. The lowest BCUT2D eigenvalue weighted by Crippen LogP contribution is -2.38. The van der Waals surface area contributed by atoms with Gasteiger partial charge in [0.05, 0.1) is 18.8 Å². The number of aromatic amines is 1. The SMILES string of the molecule is CCCn1c(=O)[nH]c(=O)c2c1nc(-c1cc(C)ccc1F)n2CCN1CCOCC1. The topological polar surface area (TPSA) is 85.2 Å². The quantitative estimate of drug-likeness (QED) is 0.663. The van der Waals surface area contributed by atoms with Crippen LogP contribution in [0.25, 0.3) is 22.6 Å². The van der Waals surface area contributed by atoms with Crippen LogP contribution in [0.15, 0.2) is 27.8 Å². The molecule has 30 heavy (non-hydrogen) atoms. The number of imidazole rings is 1. The van der Waals surface area contributed by atoms with E-state index in [4.69, 9.17) is 4.74 Å². The minimum atomic E-state index is -0.504. The van der Waals surface area contributed by atoms with Crippen molar-refractivity contribution >= 4 is 11.2 Å². The molecule has 1 aliphatic heterocycles. The van der Waals surface area contributed by atoms with Crippen molar-refractivity contribution < 1.29 is 9.13 Å². The Morgan fingerprint density at radius 2 is 1.90 bits per heavy atom. The Morgan fingerprint density at radius 3 is 2.63 bits per heavy atom. The maximum atomic E-state index is 14.8.